The topological polar surface area (TPSA) is 62.2 Å². The molecule has 1 unspecified atom stereocenters. The van der Waals surface area contributed by atoms with Gasteiger partial charge >= 0.3 is 0 Å². The van der Waals surface area contributed by atoms with Crippen LogP contribution in [0, 0.1) is 6.92 Å². The Morgan fingerprint density at radius 1 is 1.03 bits per heavy atom. The van der Waals surface area contributed by atoms with Crippen molar-refractivity contribution in [2.24, 2.45) is 0 Å². The highest BCUT2D eigenvalue weighted by Crippen LogP contribution is 2.39. The Balaban J connectivity index is 1.63. The van der Waals surface area contributed by atoms with E-state index in [9.17, 15) is 9.90 Å². The van der Waals surface area contributed by atoms with Crippen molar-refractivity contribution in [3.8, 4) is 5.75 Å². The third kappa shape index (κ3) is 4.76. The molecule has 4 rings (SSSR count). The van der Waals surface area contributed by atoms with Crippen LogP contribution in [0.15, 0.2) is 79.0 Å². The summed E-state index contributed by atoms with van der Waals surface area (Å²) in [6, 6.07) is 22.7. The molecule has 32 heavy (non-hydrogen) atoms. The number of nitrogens with one attached hydrogen (secondary N) is 1. The third-order valence-corrected chi connectivity index (χ3v) is 5.99. The van der Waals surface area contributed by atoms with Gasteiger partial charge in [0.25, 0.3) is 0 Å². The summed E-state index contributed by atoms with van der Waals surface area (Å²) < 4.78 is 0. The first-order valence-electron chi connectivity index (χ1n) is 10.7. The summed E-state index contributed by atoms with van der Waals surface area (Å²) in [5, 5.41) is 15.3. The summed E-state index contributed by atoms with van der Waals surface area (Å²) >= 11 is 6.53. The average molecular weight is 445 g/mol. The first-order chi connectivity index (χ1) is 15.5. The van der Waals surface area contributed by atoms with Crippen LogP contribution in [-0.2, 0) is 11.2 Å². The number of nitrogens with zero attached hydrogens (tertiary/aromatic N) is 1. The predicted molar refractivity (Wildman–Crippen MR) is 129 cm³/mol. The molecule has 162 valence electrons. The van der Waals surface area contributed by atoms with Gasteiger partial charge in [0.1, 0.15) is 11.3 Å². The average Bonchev–Trinajstić information content (AvgIpc) is 2.81. The van der Waals surface area contributed by atoms with Crippen LogP contribution in [0.1, 0.15) is 41.1 Å². The van der Waals surface area contributed by atoms with Crippen molar-refractivity contribution >= 4 is 28.4 Å². The van der Waals surface area contributed by atoms with Gasteiger partial charge in [-0.2, -0.15) is 0 Å². The summed E-state index contributed by atoms with van der Waals surface area (Å²) in [5.41, 5.74) is 4.09. The zero-order valence-electron chi connectivity index (χ0n) is 17.9. The number of aromatic nitrogens is 1. The number of benzene rings is 3. The molecular formula is C27H25ClN2O2. The highest BCUT2D eigenvalue weighted by atomic mass is 35.5. The van der Waals surface area contributed by atoms with Crippen molar-refractivity contribution in [1.82, 2.24) is 10.3 Å². The molecular weight excluding hydrogens is 420 g/mol. The molecule has 0 bridgehead atoms. The number of aromatic hydroxyl groups is 1. The fourth-order valence-electron chi connectivity index (χ4n) is 3.99. The summed E-state index contributed by atoms with van der Waals surface area (Å²) in [7, 11) is 0. The van der Waals surface area contributed by atoms with Crippen LogP contribution < -0.4 is 5.32 Å². The van der Waals surface area contributed by atoms with Crippen LogP contribution in [0.25, 0.3) is 10.9 Å². The molecule has 0 saturated heterocycles. The highest BCUT2D eigenvalue weighted by molar-refractivity contribution is 6.35. The number of amides is 1. The van der Waals surface area contributed by atoms with Crippen molar-refractivity contribution < 1.29 is 9.90 Å². The minimum atomic E-state index is -0.538. The molecule has 0 aliphatic carbocycles. The smallest absolute Gasteiger partial charge is 0.220 e. The van der Waals surface area contributed by atoms with Gasteiger partial charge < -0.3 is 10.4 Å². The zero-order chi connectivity index (χ0) is 22.5. The highest BCUT2D eigenvalue weighted by Gasteiger charge is 2.24. The normalized spacial score (nSPS) is 11.9. The Morgan fingerprint density at radius 3 is 2.56 bits per heavy atom. The van der Waals surface area contributed by atoms with E-state index in [0.717, 1.165) is 24.0 Å². The number of aryl methyl sites for hydroxylation is 2. The van der Waals surface area contributed by atoms with Gasteiger partial charge in [-0.25, -0.2) is 0 Å². The molecule has 0 fully saturated rings. The molecule has 0 aliphatic rings. The summed E-state index contributed by atoms with van der Waals surface area (Å²) in [4.78, 5) is 17.2. The molecule has 1 aromatic heterocycles. The fraction of sp³-hybridized carbons (Fsp3) is 0.185. The Hall–Kier alpha value is -3.37. The van der Waals surface area contributed by atoms with Gasteiger partial charge in [-0.05, 0) is 54.7 Å². The minimum Gasteiger partial charge on any atom is -0.505 e. The third-order valence-electron chi connectivity index (χ3n) is 5.67. The monoisotopic (exact) mass is 444 g/mol. The molecule has 0 saturated carbocycles. The van der Waals surface area contributed by atoms with Crippen LogP contribution >= 0.6 is 11.6 Å². The van der Waals surface area contributed by atoms with E-state index in [4.69, 9.17) is 11.6 Å². The van der Waals surface area contributed by atoms with E-state index in [-0.39, 0.29) is 11.7 Å². The maximum absolute atomic E-state index is 12.9. The number of hydrogen-bond donors (Lipinski definition) is 2. The maximum Gasteiger partial charge on any atom is 0.220 e. The van der Waals surface area contributed by atoms with Crippen LogP contribution in [0.4, 0.5) is 0 Å². The number of fused-ring (bicyclic) bond motifs is 1. The number of carbonyl (C=O) groups excluding carboxylic acids is 1. The van der Waals surface area contributed by atoms with Crippen LogP contribution in [0.5, 0.6) is 5.75 Å². The van der Waals surface area contributed by atoms with E-state index >= 15 is 0 Å². The van der Waals surface area contributed by atoms with Gasteiger partial charge in [0.2, 0.25) is 5.91 Å². The standard InChI is InChI=1S/C27H25ClN2O2/c1-18-9-5-6-13-20(18)25(30-24(31)15-7-12-19-10-3-2-4-11-19)22-17-23(28)21-14-8-16-29-26(21)27(22)32/h2-6,8-11,13-14,16-17,25,32H,7,12,15H2,1H3,(H,30,31). The Morgan fingerprint density at radius 2 is 1.78 bits per heavy atom. The van der Waals surface area contributed by atoms with E-state index in [2.05, 4.69) is 22.4 Å². The van der Waals surface area contributed by atoms with Crippen molar-refractivity contribution in [3.63, 3.8) is 0 Å². The lowest BCUT2D eigenvalue weighted by molar-refractivity contribution is -0.121. The number of phenols is 1. The Bertz CT molecular complexity index is 1240. The van der Waals surface area contributed by atoms with E-state index in [1.807, 2.05) is 55.5 Å². The van der Waals surface area contributed by atoms with E-state index in [0.29, 0.717) is 27.9 Å². The van der Waals surface area contributed by atoms with E-state index in [1.54, 1.807) is 18.3 Å². The molecule has 5 heteroatoms. The molecule has 0 radical (unpaired) electrons. The summed E-state index contributed by atoms with van der Waals surface area (Å²) in [5.74, 6) is -0.0475. The predicted octanol–water partition coefficient (Wildman–Crippen LogP) is 6.13. The maximum atomic E-state index is 12.9. The minimum absolute atomic E-state index is 0.0304. The molecule has 0 spiro atoms. The van der Waals surface area contributed by atoms with Gasteiger partial charge in [-0.15, -0.1) is 0 Å². The number of hydrogen-bond acceptors (Lipinski definition) is 3. The summed E-state index contributed by atoms with van der Waals surface area (Å²) in [6.07, 6.45) is 3.58. The lowest BCUT2D eigenvalue weighted by Gasteiger charge is -2.23. The Kier molecular flexibility index (Phi) is 6.72. The lowest BCUT2D eigenvalue weighted by Crippen LogP contribution is -2.29. The van der Waals surface area contributed by atoms with Gasteiger partial charge in [0, 0.05) is 23.6 Å². The van der Waals surface area contributed by atoms with Gasteiger partial charge in [-0.3, -0.25) is 9.78 Å². The van der Waals surface area contributed by atoms with Crippen LogP contribution in [-0.4, -0.2) is 16.0 Å². The first kappa shape index (κ1) is 21.8. The largest absolute Gasteiger partial charge is 0.505 e. The quantitative estimate of drug-likeness (QED) is 0.360. The van der Waals surface area contributed by atoms with E-state index in [1.165, 1.54) is 5.56 Å². The van der Waals surface area contributed by atoms with Crippen molar-refractivity contribution in [2.45, 2.75) is 32.2 Å². The molecule has 1 heterocycles. The molecule has 4 aromatic rings. The Labute approximate surface area is 192 Å². The number of phenolic OH excluding ortho intramolecular Hbond substituents is 1. The number of rotatable bonds is 7. The second kappa shape index (κ2) is 9.84. The SMILES string of the molecule is Cc1ccccc1C(NC(=O)CCCc1ccccc1)c1cc(Cl)c2cccnc2c1O. The van der Waals surface area contributed by atoms with Crippen molar-refractivity contribution in [1.29, 1.82) is 0 Å². The van der Waals surface area contributed by atoms with E-state index < -0.39 is 6.04 Å². The first-order valence-corrected chi connectivity index (χ1v) is 11.1. The molecule has 4 nitrogen and oxygen atoms in total. The van der Waals surface area contributed by atoms with Crippen LogP contribution in [0.2, 0.25) is 5.02 Å². The van der Waals surface area contributed by atoms with Gasteiger partial charge in [0.05, 0.1) is 11.1 Å². The van der Waals surface area contributed by atoms with Gasteiger partial charge in [0.15, 0.2) is 0 Å². The van der Waals surface area contributed by atoms with Crippen molar-refractivity contribution in [2.75, 3.05) is 0 Å². The molecule has 0 aliphatic heterocycles. The van der Waals surface area contributed by atoms with Crippen LogP contribution in [0.3, 0.4) is 0 Å². The van der Waals surface area contributed by atoms with Gasteiger partial charge in [-0.1, -0.05) is 66.2 Å². The second-order valence-corrected chi connectivity index (χ2v) is 8.30. The lowest BCUT2D eigenvalue weighted by atomic mass is 9.93. The second-order valence-electron chi connectivity index (χ2n) is 7.89. The zero-order valence-corrected chi connectivity index (χ0v) is 18.6. The summed E-state index contributed by atoms with van der Waals surface area (Å²) in [6.45, 7) is 1.99. The molecule has 3 aromatic carbocycles. The number of carbonyl (C=O) groups is 1. The number of pyridine rings is 1. The fourth-order valence-corrected chi connectivity index (χ4v) is 4.26. The molecule has 1 amide bonds. The van der Waals surface area contributed by atoms with Crippen molar-refractivity contribution in [3.05, 3.63) is 106 Å². The number of halogens is 1. The molecule has 2 N–H and O–H groups in total. The molecule has 1 atom stereocenters.